The van der Waals surface area contributed by atoms with E-state index in [4.69, 9.17) is 13.0 Å². The van der Waals surface area contributed by atoms with Crippen molar-refractivity contribution in [3.8, 4) is 0 Å². The quantitative estimate of drug-likeness (QED) is 0.425. The number of aryl methyl sites for hydroxylation is 2. The van der Waals surface area contributed by atoms with Gasteiger partial charge in [-0.05, 0) is 18.6 Å². The van der Waals surface area contributed by atoms with Gasteiger partial charge in [0.15, 0.2) is 16.3 Å². The summed E-state index contributed by atoms with van der Waals surface area (Å²) in [6, 6.07) is 10.6. The first-order valence-corrected chi connectivity index (χ1v) is 6.81. The van der Waals surface area contributed by atoms with Crippen molar-refractivity contribution in [1.29, 1.82) is 0 Å². The van der Waals surface area contributed by atoms with Crippen LogP contribution < -0.4 is 4.57 Å². The molecular formula is C12H12F3NO3S. The summed E-state index contributed by atoms with van der Waals surface area (Å²) in [4.78, 5) is 0. The lowest BCUT2D eigenvalue weighted by Crippen LogP contribution is -2.28. The highest BCUT2D eigenvalue weighted by Gasteiger charge is 2.36. The Morgan fingerprint density at radius 1 is 1.15 bits per heavy atom. The Morgan fingerprint density at radius 2 is 1.65 bits per heavy atom. The van der Waals surface area contributed by atoms with Crippen molar-refractivity contribution in [2.24, 2.45) is 7.05 Å². The number of aromatic nitrogens is 1. The van der Waals surface area contributed by atoms with Crippen LogP contribution in [0, 0.1) is 6.92 Å². The summed E-state index contributed by atoms with van der Waals surface area (Å²) in [6.07, 6.45) is 2.09. The minimum atomic E-state index is -6.09. The SMILES string of the molecule is Cc1cc[n+](C)c2ccccc12.O=S(=O)([O-])C(F)(F)F. The maximum atomic E-state index is 10.7. The molecule has 0 bridgehead atoms. The van der Waals surface area contributed by atoms with Gasteiger partial charge in [-0.25, -0.2) is 13.0 Å². The zero-order valence-corrected chi connectivity index (χ0v) is 11.5. The maximum absolute atomic E-state index is 10.7. The van der Waals surface area contributed by atoms with Crippen LogP contribution in [0.3, 0.4) is 0 Å². The normalized spacial score (nSPS) is 11.9. The standard InChI is InChI=1S/C11H12N.CHF3O3S/c1-9-7-8-12(2)11-6-4-3-5-10(9)11;2-1(3,4)8(5,6)7/h3-8H,1-2H3;(H,5,6,7)/q+1;/p-1. The van der Waals surface area contributed by atoms with Crippen molar-refractivity contribution < 1.29 is 30.7 Å². The fourth-order valence-corrected chi connectivity index (χ4v) is 1.51. The minimum absolute atomic E-state index is 1.29. The molecule has 2 aromatic rings. The summed E-state index contributed by atoms with van der Waals surface area (Å²) >= 11 is 0. The van der Waals surface area contributed by atoms with Crippen LogP contribution in [-0.2, 0) is 17.2 Å². The summed E-state index contributed by atoms with van der Waals surface area (Å²) < 4.78 is 61.0. The number of hydrogen-bond donors (Lipinski definition) is 0. The molecule has 0 unspecified atom stereocenters. The molecule has 1 heterocycles. The molecule has 0 aliphatic heterocycles. The van der Waals surface area contributed by atoms with Gasteiger partial charge < -0.3 is 4.55 Å². The third-order valence-electron chi connectivity index (χ3n) is 2.54. The van der Waals surface area contributed by atoms with E-state index in [-0.39, 0.29) is 0 Å². The molecule has 0 fully saturated rings. The smallest absolute Gasteiger partial charge is 0.485 e. The molecule has 0 saturated carbocycles. The van der Waals surface area contributed by atoms with Gasteiger partial charge in [0, 0.05) is 17.5 Å². The number of hydrogen-bond acceptors (Lipinski definition) is 3. The number of fused-ring (bicyclic) bond motifs is 1. The number of para-hydroxylation sites is 1. The van der Waals surface area contributed by atoms with Crippen LogP contribution in [0.15, 0.2) is 36.5 Å². The number of nitrogens with zero attached hydrogens (tertiary/aromatic N) is 1. The van der Waals surface area contributed by atoms with Crippen molar-refractivity contribution in [2.45, 2.75) is 12.4 Å². The first-order valence-electron chi connectivity index (χ1n) is 5.40. The summed E-state index contributed by atoms with van der Waals surface area (Å²) in [7, 11) is -4.02. The summed E-state index contributed by atoms with van der Waals surface area (Å²) in [5.41, 5.74) is -3.02. The van der Waals surface area contributed by atoms with E-state index in [1.807, 2.05) is 0 Å². The second-order valence-electron chi connectivity index (χ2n) is 4.03. The lowest BCUT2D eigenvalue weighted by atomic mass is 10.1. The molecule has 0 aliphatic carbocycles. The zero-order valence-electron chi connectivity index (χ0n) is 10.7. The van der Waals surface area contributed by atoms with Crippen LogP contribution in [-0.4, -0.2) is 18.5 Å². The maximum Gasteiger partial charge on any atom is 0.485 e. The Hall–Kier alpha value is -1.67. The highest BCUT2D eigenvalue weighted by molar-refractivity contribution is 7.86. The Morgan fingerprint density at radius 3 is 2.10 bits per heavy atom. The Bertz CT molecular complexity index is 671. The van der Waals surface area contributed by atoms with Crippen LogP contribution >= 0.6 is 0 Å². The fourth-order valence-electron chi connectivity index (χ4n) is 1.51. The molecule has 0 N–H and O–H groups in total. The van der Waals surface area contributed by atoms with Crippen LogP contribution in [0.25, 0.3) is 10.9 Å². The summed E-state index contributed by atoms with van der Waals surface area (Å²) in [6.45, 7) is 2.14. The number of rotatable bonds is 0. The molecule has 4 nitrogen and oxygen atoms in total. The minimum Gasteiger partial charge on any atom is -0.741 e. The molecular weight excluding hydrogens is 295 g/mol. The first-order chi connectivity index (χ1) is 9.04. The van der Waals surface area contributed by atoms with Gasteiger partial charge in [-0.15, -0.1) is 0 Å². The second kappa shape index (κ2) is 5.76. The van der Waals surface area contributed by atoms with E-state index in [1.165, 1.54) is 16.5 Å². The molecule has 0 aliphatic rings. The van der Waals surface area contributed by atoms with Crippen LogP contribution in [0.5, 0.6) is 0 Å². The van der Waals surface area contributed by atoms with E-state index in [2.05, 4.69) is 55.1 Å². The average molecular weight is 307 g/mol. The van der Waals surface area contributed by atoms with Crippen LogP contribution in [0.1, 0.15) is 5.56 Å². The number of pyridine rings is 1. The van der Waals surface area contributed by atoms with E-state index < -0.39 is 15.6 Å². The van der Waals surface area contributed by atoms with Gasteiger partial charge in [0.1, 0.15) is 7.05 Å². The van der Waals surface area contributed by atoms with Gasteiger partial charge in [0.25, 0.3) is 0 Å². The predicted octanol–water partition coefficient (Wildman–Crippen LogP) is 2.02. The summed E-state index contributed by atoms with van der Waals surface area (Å²) in [5.74, 6) is 0. The molecule has 0 saturated heterocycles. The average Bonchev–Trinajstić information content (AvgIpc) is 2.33. The van der Waals surface area contributed by atoms with Gasteiger partial charge in [-0.2, -0.15) is 13.2 Å². The molecule has 1 aromatic heterocycles. The fraction of sp³-hybridized carbons (Fsp3) is 0.250. The summed E-state index contributed by atoms with van der Waals surface area (Å²) in [5, 5.41) is 1.34. The van der Waals surface area contributed by atoms with E-state index in [0.29, 0.717) is 0 Å². The number of benzene rings is 1. The highest BCUT2D eigenvalue weighted by Crippen LogP contribution is 2.20. The van der Waals surface area contributed by atoms with Gasteiger partial charge in [-0.3, -0.25) is 0 Å². The van der Waals surface area contributed by atoms with E-state index in [1.54, 1.807) is 0 Å². The van der Waals surface area contributed by atoms with Gasteiger partial charge in [0.2, 0.25) is 5.52 Å². The largest absolute Gasteiger partial charge is 0.741 e. The Balaban J connectivity index is 0.000000221. The monoisotopic (exact) mass is 307 g/mol. The lowest BCUT2D eigenvalue weighted by Gasteiger charge is -2.08. The molecule has 8 heteroatoms. The van der Waals surface area contributed by atoms with Crippen molar-refractivity contribution in [3.63, 3.8) is 0 Å². The van der Waals surface area contributed by atoms with Crippen LogP contribution in [0.2, 0.25) is 0 Å². The molecule has 20 heavy (non-hydrogen) atoms. The van der Waals surface area contributed by atoms with E-state index in [9.17, 15) is 13.2 Å². The van der Waals surface area contributed by atoms with Crippen molar-refractivity contribution in [1.82, 2.24) is 0 Å². The van der Waals surface area contributed by atoms with Crippen molar-refractivity contribution >= 4 is 21.0 Å². The predicted molar refractivity (Wildman–Crippen MR) is 65.6 cm³/mol. The molecule has 0 spiro atoms. The van der Waals surface area contributed by atoms with Gasteiger partial charge in [-0.1, -0.05) is 12.1 Å². The number of alkyl halides is 3. The molecule has 0 radical (unpaired) electrons. The number of halogens is 3. The first kappa shape index (κ1) is 16.4. The van der Waals surface area contributed by atoms with Gasteiger partial charge >= 0.3 is 5.51 Å². The topological polar surface area (TPSA) is 61.1 Å². The van der Waals surface area contributed by atoms with Crippen LogP contribution in [0.4, 0.5) is 13.2 Å². The molecule has 0 amide bonds. The van der Waals surface area contributed by atoms with Gasteiger partial charge in [0.05, 0.1) is 0 Å². The highest BCUT2D eigenvalue weighted by atomic mass is 32.2. The second-order valence-corrected chi connectivity index (χ2v) is 5.40. The van der Waals surface area contributed by atoms with Crippen molar-refractivity contribution in [3.05, 3.63) is 42.1 Å². The third-order valence-corrected chi connectivity index (χ3v) is 3.11. The zero-order chi connectivity index (χ0) is 15.6. The molecule has 2 rings (SSSR count). The molecule has 110 valence electrons. The Kier molecular flexibility index (Phi) is 4.72. The lowest BCUT2D eigenvalue weighted by molar-refractivity contribution is -0.644. The molecule has 1 aromatic carbocycles. The van der Waals surface area contributed by atoms with E-state index >= 15 is 0 Å². The van der Waals surface area contributed by atoms with Crippen molar-refractivity contribution in [2.75, 3.05) is 0 Å². The third kappa shape index (κ3) is 3.91. The van der Waals surface area contributed by atoms with E-state index in [0.717, 1.165) is 0 Å². The Labute approximate surface area is 114 Å². The molecule has 0 atom stereocenters.